The Hall–Kier alpha value is -6.45. The third-order valence-corrected chi connectivity index (χ3v) is 12.4. The third kappa shape index (κ3) is 3.81. The van der Waals surface area contributed by atoms with Crippen molar-refractivity contribution in [1.82, 2.24) is 4.57 Å². The van der Waals surface area contributed by atoms with Crippen LogP contribution in [0, 0.1) is 0 Å². The molecule has 6 aromatic carbocycles. The second-order valence-electron chi connectivity index (χ2n) is 14.9. The Morgan fingerprint density at radius 3 is 2.30 bits per heavy atom. The molecule has 0 fully saturated rings. The number of nitrogens with zero attached hydrogens (tertiary/aromatic N) is 3. The van der Waals surface area contributed by atoms with Crippen LogP contribution in [0.1, 0.15) is 40.7 Å². The van der Waals surface area contributed by atoms with Crippen molar-refractivity contribution in [1.29, 1.82) is 0 Å². The zero-order chi connectivity index (χ0) is 34.7. The number of allylic oxidation sites excluding steroid dienone is 6. The fourth-order valence-corrected chi connectivity index (χ4v) is 10.2. The molecule has 3 heteroatoms. The van der Waals surface area contributed by atoms with E-state index in [9.17, 15) is 0 Å². The molecular weight excluding hydrogens is 643 g/mol. The van der Waals surface area contributed by atoms with Gasteiger partial charge in [0.2, 0.25) is 0 Å². The molecule has 7 aromatic rings. The van der Waals surface area contributed by atoms with Gasteiger partial charge in [-0.15, -0.1) is 0 Å². The van der Waals surface area contributed by atoms with Crippen molar-refractivity contribution in [3.8, 4) is 16.8 Å². The number of aliphatic imine (C=N–C) groups is 1. The maximum atomic E-state index is 5.26. The Labute approximate surface area is 308 Å². The molecule has 3 aliphatic carbocycles. The normalized spacial score (nSPS) is 21.7. The number of benzene rings is 6. The van der Waals surface area contributed by atoms with Gasteiger partial charge in [0.15, 0.2) is 0 Å². The van der Waals surface area contributed by atoms with Crippen molar-refractivity contribution in [2.75, 3.05) is 4.90 Å². The number of aromatic nitrogens is 1. The highest BCUT2D eigenvalue weighted by Crippen LogP contribution is 2.61. The zero-order valence-electron chi connectivity index (χ0n) is 29.2. The van der Waals surface area contributed by atoms with Crippen LogP contribution in [0.25, 0.3) is 44.2 Å². The van der Waals surface area contributed by atoms with E-state index in [0.29, 0.717) is 0 Å². The quantitative estimate of drug-likeness (QED) is 0.182. The molecule has 3 heterocycles. The molecule has 53 heavy (non-hydrogen) atoms. The van der Waals surface area contributed by atoms with Crippen LogP contribution in [0.15, 0.2) is 187 Å². The summed E-state index contributed by atoms with van der Waals surface area (Å²) in [5.74, 6) is 1.02. The molecule has 2 aliphatic heterocycles. The van der Waals surface area contributed by atoms with Crippen LogP contribution in [0.2, 0.25) is 0 Å². The average molecular weight is 678 g/mol. The Balaban J connectivity index is 1.07. The molecule has 3 unspecified atom stereocenters. The first-order valence-corrected chi connectivity index (χ1v) is 18.9. The second kappa shape index (κ2) is 10.8. The number of hydrogen-bond donors (Lipinski definition) is 0. The molecule has 0 N–H and O–H groups in total. The summed E-state index contributed by atoms with van der Waals surface area (Å²) in [6.07, 6.45) is 15.7. The highest BCUT2D eigenvalue weighted by molar-refractivity contribution is 6.14. The number of hydrogen-bond acceptors (Lipinski definition) is 2. The van der Waals surface area contributed by atoms with Gasteiger partial charge in [-0.2, -0.15) is 0 Å². The Morgan fingerprint density at radius 2 is 1.38 bits per heavy atom. The van der Waals surface area contributed by atoms with Crippen molar-refractivity contribution in [2.24, 2.45) is 4.99 Å². The van der Waals surface area contributed by atoms with E-state index in [4.69, 9.17) is 4.99 Å². The lowest BCUT2D eigenvalue weighted by atomic mass is 9.64. The van der Waals surface area contributed by atoms with Crippen LogP contribution >= 0.6 is 0 Å². The minimum absolute atomic E-state index is 0.105. The zero-order valence-corrected chi connectivity index (χ0v) is 29.2. The monoisotopic (exact) mass is 677 g/mol. The molecule has 1 spiro atoms. The second-order valence-corrected chi connectivity index (χ2v) is 14.9. The Kier molecular flexibility index (Phi) is 5.93. The van der Waals surface area contributed by atoms with Gasteiger partial charge in [0.05, 0.1) is 34.2 Å². The van der Waals surface area contributed by atoms with E-state index >= 15 is 0 Å². The van der Waals surface area contributed by atoms with Gasteiger partial charge in [0, 0.05) is 22.0 Å². The lowest BCUT2D eigenvalue weighted by Gasteiger charge is -2.41. The molecule has 0 bridgehead atoms. The third-order valence-electron chi connectivity index (χ3n) is 12.4. The van der Waals surface area contributed by atoms with Crippen LogP contribution < -0.4 is 4.90 Å². The first-order valence-electron chi connectivity index (χ1n) is 18.9. The van der Waals surface area contributed by atoms with Crippen LogP contribution in [-0.2, 0) is 5.41 Å². The highest BCUT2D eigenvalue weighted by Gasteiger charge is 2.51. The summed E-state index contributed by atoms with van der Waals surface area (Å²) in [6, 6.07) is 52.4. The van der Waals surface area contributed by atoms with Crippen molar-refractivity contribution in [3.63, 3.8) is 0 Å². The van der Waals surface area contributed by atoms with E-state index in [1.807, 2.05) is 0 Å². The SMILES string of the molecule is C1=CC2N=C(c3ccc(-c4ccc5c(c4)C4(C6=C(CCC=C6)c6ccccc64)c4cccc6c7ccccc7n-5c46)cc3)N(c3ccccc3)C2C=C1. The predicted octanol–water partition coefficient (Wildman–Crippen LogP) is 11.3. The van der Waals surface area contributed by atoms with Gasteiger partial charge < -0.3 is 9.47 Å². The lowest BCUT2D eigenvalue weighted by molar-refractivity contribution is 0.738. The Morgan fingerprint density at radius 1 is 0.623 bits per heavy atom. The van der Waals surface area contributed by atoms with Gasteiger partial charge in [-0.3, -0.25) is 4.99 Å². The summed E-state index contributed by atoms with van der Waals surface area (Å²) in [5.41, 5.74) is 16.6. The maximum absolute atomic E-state index is 5.26. The van der Waals surface area contributed by atoms with Crippen molar-refractivity contribution in [2.45, 2.75) is 30.3 Å². The van der Waals surface area contributed by atoms with Gasteiger partial charge in [0.1, 0.15) is 5.84 Å². The Bertz CT molecular complexity index is 2840. The average Bonchev–Trinajstić information content (AvgIpc) is 3.88. The van der Waals surface area contributed by atoms with Gasteiger partial charge in [-0.05, 0) is 87.7 Å². The maximum Gasteiger partial charge on any atom is 0.136 e. The van der Waals surface area contributed by atoms with Crippen molar-refractivity contribution in [3.05, 3.63) is 209 Å². The van der Waals surface area contributed by atoms with E-state index in [-0.39, 0.29) is 12.1 Å². The van der Waals surface area contributed by atoms with Crippen LogP contribution in [0.4, 0.5) is 5.69 Å². The molecule has 3 atom stereocenters. The molecule has 1 aromatic heterocycles. The summed E-state index contributed by atoms with van der Waals surface area (Å²) in [5, 5.41) is 2.62. The number of rotatable bonds is 3. The fraction of sp³-hybridized carbons (Fsp3) is 0.100. The number of anilines is 1. The molecule has 0 saturated heterocycles. The smallest absolute Gasteiger partial charge is 0.136 e. The molecule has 0 saturated carbocycles. The summed E-state index contributed by atoms with van der Waals surface area (Å²) in [4.78, 5) is 7.65. The van der Waals surface area contributed by atoms with Crippen LogP contribution in [-0.4, -0.2) is 22.5 Å². The lowest BCUT2D eigenvalue weighted by Crippen LogP contribution is -2.39. The molecule has 0 radical (unpaired) electrons. The van der Waals surface area contributed by atoms with E-state index in [0.717, 1.165) is 29.9 Å². The summed E-state index contributed by atoms with van der Waals surface area (Å²) < 4.78 is 2.54. The predicted molar refractivity (Wildman–Crippen MR) is 219 cm³/mol. The van der Waals surface area contributed by atoms with Crippen LogP contribution in [0.5, 0.6) is 0 Å². The van der Waals surface area contributed by atoms with Gasteiger partial charge >= 0.3 is 0 Å². The first-order chi connectivity index (χ1) is 26.3. The van der Waals surface area contributed by atoms with Crippen LogP contribution in [0.3, 0.4) is 0 Å². The van der Waals surface area contributed by atoms with Gasteiger partial charge in [-0.1, -0.05) is 146 Å². The van der Waals surface area contributed by atoms with Crippen molar-refractivity contribution < 1.29 is 0 Å². The van der Waals surface area contributed by atoms with E-state index in [1.165, 1.54) is 72.0 Å². The minimum atomic E-state index is -0.413. The molecule has 5 aliphatic rings. The molecule has 0 amide bonds. The first kappa shape index (κ1) is 29.2. The topological polar surface area (TPSA) is 20.5 Å². The number of para-hydroxylation sites is 3. The fourth-order valence-electron chi connectivity index (χ4n) is 10.2. The summed E-state index contributed by atoms with van der Waals surface area (Å²) >= 11 is 0. The van der Waals surface area contributed by atoms with Crippen molar-refractivity contribution >= 4 is 38.9 Å². The standard InChI is InChI=1S/C50H35N3/c1-2-13-35(14-3-1)52-47-24-11-9-22-44(47)51-49(52)33-27-25-32(26-28-33)34-29-30-46-43(31-34)50(40-19-7-4-15-36(40)37-16-5-8-20-41(37)50)42-21-12-18-39-38-17-6-10-23-45(38)53(46)48(39)42/h1-4,6-15,17-31,44,47H,5,16H2. The largest absolute Gasteiger partial charge is 0.317 e. The number of amidine groups is 1. The van der Waals surface area contributed by atoms with E-state index < -0.39 is 5.41 Å². The number of fused-ring (bicyclic) bond motifs is 12. The van der Waals surface area contributed by atoms with Gasteiger partial charge in [0.25, 0.3) is 0 Å². The molecule has 12 rings (SSSR count). The highest BCUT2D eigenvalue weighted by atomic mass is 15.3. The summed E-state index contributed by atoms with van der Waals surface area (Å²) in [7, 11) is 0. The minimum Gasteiger partial charge on any atom is -0.317 e. The summed E-state index contributed by atoms with van der Waals surface area (Å²) in [6.45, 7) is 0. The van der Waals surface area contributed by atoms with E-state index in [2.05, 4.69) is 185 Å². The van der Waals surface area contributed by atoms with Gasteiger partial charge in [-0.25, -0.2) is 0 Å². The van der Waals surface area contributed by atoms with E-state index in [1.54, 1.807) is 0 Å². The molecule has 3 nitrogen and oxygen atoms in total. The molecular formula is C50H35N3. The molecule has 250 valence electrons.